The molecule has 0 amide bonds. The quantitative estimate of drug-likeness (QED) is 0.846. The summed E-state index contributed by atoms with van der Waals surface area (Å²) in [7, 11) is -3.54. The van der Waals surface area contributed by atoms with Crippen LogP contribution in [-0.4, -0.2) is 26.2 Å². The second kappa shape index (κ2) is 7.02. The number of rotatable bonds is 5. The van der Waals surface area contributed by atoms with Crippen LogP contribution in [0.5, 0.6) is 0 Å². The van der Waals surface area contributed by atoms with Gasteiger partial charge in [-0.3, -0.25) is 0 Å². The van der Waals surface area contributed by atoms with E-state index < -0.39 is 16.1 Å². The molecule has 20 heavy (non-hydrogen) atoms. The molecule has 0 aromatic heterocycles. The summed E-state index contributed by atoms with van der Waals surface area (Å²) < 4.78 is 27.5. The van der Waals surface area contributed by atoms with E-state index in [1.54, 1.807) is 24.3 Å². The highest BCUT2D eigenvalue weighted by Gasteiger charge is 2.23. The van der Waals surface area contributed by atoms with E-state index in [9.17, 15) is 13.5 Å². The van der Waals surface area contributed by atoms with Crippen molar-refractivity contribution in [3.05, 3.63) is 28.7 Å². The highest BCUT2D eigenvalue weighted by molar-refractivity contribution is 9.10. The van der Waals surface area contributed by atoms with Gasteiger partial charge in [0.15, 0.2) is 0 Å². The summed E-state index contributed by atoms with van der Waals surface area (Å²) in [5, 5.41) is 10.1. The smallest absolute Gasteiger partial charge is 0.240 e. The lowest BCUT2D eigenvalue weighted by molar-refractivity contribution is 0.0888. The first-order chi connectivity index (χ1) is 9.49. The molecule has 1 aliphatic rings. The Bertz CT molecular complexity index is 524. The average molecular weight is 362 g/mol. The van der Waals surface area contributed by atoms with Crippen molar-refractivity contribution >= 4 is 26.0 Å². The molecular weight excluding hydrogens is 342 g/mol. The molecule has 4 nitrogen and oxygen atoms in total. The van der Waals surface area contributed by atoms with Gasteiger partial charge in [-0.15, -0.1) is 0 Å². The first-order valence-electron chi connectivity index (χ1n) is 6.92. The van der Waals surface area contributed by atoms with Crippen LogP contribution in [0.4, 0.5) is 0 Å². The van der Waals surface area contributed by atoms with Crippen LogP contribution < -0.4 is 4.72 Å². The van der Waals surface area contributed by atoms with Gasteiger partial charge < -0.3 is 5.11 Å². The lowest BCUT2D eigenvalue weighted by atomic mass is 9.85. The predicted molar refractivity (Wildman–Crippen MR) is 81.9 cm³/mol. The van der Waals surface area contributed by atoms with E-state index in [-0.39, 0.29) is 17.4 Å². The summed E-state index contributed by atoms with van der Waals surface area (Å²) in [5.41, 5.74) is 0. The molecule has 0 saturated heterocycles. The van der Waals surface area contributed by atoms with Crippen molar-refractivity contribution in [2.45, 2.75) is 43.1 Å². The maximum absolute atomic E-state index is 12.1. The summed E-state index contributed by atoms with van der Waals surface area (Å²) in [4.78, 5) is 0.219. The molecule has 1 saturated carbocycles. The van der Waals surface area contributed by atoms with Crippen molar-refractivity contribution in [2.75, 3.05) is 6.54 Å². The van der Waals surface area contributed by atoms with Crippen LogP contribution in [-0.2, 0) is 10.0 Å². The van der Waals surface area contributed by atoms with Gasteiger partial charge in [0, 0.05) is 11.0 Å². The topological polar surface area (TPSA) is 66.4 Å². The van der Waals surface area contributed by atoms with E-state index in [4.69, 9.17) is 0 Å². The van der Waals surface area contributed by atoms with Gasteiger partial charge in [-0.1, -0.05) is 35.2 Å². The van der Waals surface area contributed by atoms with Crippen molar-refractivity contribution < 1.29 is 13.5 Å². The molecule has 1 atom stereocenters. The highest BCUT2D eigenvalue weighted by atomic mass is 79.9. The van der Waals surface area contributed by atoms with E-state index in [1.807, 2.05) is 0 Å². The molecule has 112 valence electrons. The molecular formula is C14H20BrNO3S. The number of hydrogen-bond donors (Lipinski definition) is 2. The minimum absolute atomic E-state index is 0.0864. The van der Waals surface area contributed by atoms with Crippen molar-refractivity contribution in [1.82, 2.24) is 4.72 Å². The van der Waals surface area contributed by atoms with E-state index in [2.05, 4.69) is 20.7 Å². The summed E-state index contributed by atoms with van der Waals surface area (Å²) in [5.74, 6) is 0.219. The summed E-state index contributed by atoms with van der Waals surface area (Å²) in [6.07, 6.45) is 4.85. The molecule has 0 spiro atoms. The van der Waals surface area contributed by atoms with Gasteiger partial charge in [-0.2, -0.15) is 0 Å². The first kappa shape index (κ1) is 15.9. The number of sulfonamides is 1. The van der Waals surface area contributed by atoms with Crippen molar-refractivity contribution in [3.63, 3.8) is 0 Å². The molecule has 2 N–H and O–H groups in total. The van der Waals surface area contributed by atoms with Crippen molar-refractivity contribution in [2.24, 2.45) is 5.92 Å². The number of halogens is 1. The molecule has 2 rings (SSSR count). The largest absolute Gasteiger partial charge is 0.391 e. The van der Waals surface area contributed by atoms with Gasteiger partial charge in [-0.25, -0.2) is 13.1 Å². The van der Waals surface area contributed by atoms with Crippen molar-refractivity contribution in [1.29, 1.82) is 0 Å². The fourth-order valence-electron chi connectivity index (χ4n) is 2.58. The summed E-state index contributed by atoms with van der Waals surface area (Å²) in [6.45, 7) is 0.0864. The third-order valence-electron chi connectivity index (χ3n) is 3.80. The zero-order valence-corrected chi connectivity index (χ0v) is 13.7. The normalized spacial score (nSPS) is 18.9. The number of aliphatic hydroxyl groups is 1. The lowest BCUT2D eigenvalue weighted by Gasteiger charge is -2.26. The first-order valence-corrected chi connectivity index (χ1v) is 9.20. The van der Waals surface area contributed by atoms with Crippen LogP contribution in [0.2, 0.25) is 0 Å². The van der Waals surface area contributed by atoms with Gasteiger partial charge in [0.2, 0.25) is 10.0 Å². The highest BCUT2D eigenvalue weighted by Crippen LogP contribution is 2.26. The molecule has 1 aromatic rings. The Balaban J connectivity index is 1.93. The molecule has 1 aliphatic carbocycles. The number of nitrogens with one attached hydrogen (secondary N) is 1. The molecule has 6 heteroatoms. The molecule has 1 fully saturated rings. The van der Waals surface area contributed by atoms with Gasteiger partial charge >= 0.3 is 0 Å². The standard InChI is InChI=1S/C14H20BrNO3S/c15-12-6-8-13(9-7-12)20(18,19)16-10-14(17)11-4-2-1-3-5-11/h6-9,11,14,16-17H,1-5,10H2/t14-/m1/s1. The van der Waals surface area contributed by atoms with Crippen LogP contribution in [0.1, 0.15) is 32.1 Å². The van der Waals surface area contributed by atoms with Crippen LogP contribution >= 0.6 is 15.9 Å². The molecule has 0 radical (unpaired) electrons. The molecule has 0 heterocycles. The Labute approximate surface area is 128 Å². The Morgan fingerprint density at radius 1 is 1.20 bits per heavy atom. The van der Waals surface area contributed by atoms with Crippen LogP contribution in [0.3, 0.4) is 0 Å². The van der Waals surface area contributed by atoms with Gasteiger partial charge in [-0.05, 0) is 43.0 Å². The van der Waals surface area contributed by atoms with Crippen LogP contribution in [0, 0.1) is 5.92 Å². The minimum Gasteiger partial charge on any atom is -0.391 e. The fraction of sp³-hybridized carbons (Fsp3) is 0.571. The molecule has 1 aromatic carbocycles. The summed E-state index contributed by atoms with van der Waals surface area (Å²) >= 11 is 3.27. The average Bonchev–Trinajstić information content (AvgIpc) is 2.46. The Morgan fingerprint density at radius 3 is 2.40 bits per heavy atom. The Hall–Kier alpha value is -0.430. The van der Waals surface area contributed by atoms with Gasteiger partial charge in [0.05, 0.1) is 11.0 Å². The zero-order chi connectivity index (χ0) is 14.6. The number of hydrogen-bond acceptors (Lipinski definition) is 3. The molecule has 0 bridgehead atoms. The number of benzene rings is 1. The Morgan fingerprint density at radius 2 is 1.80 bits per heavy atom. The van der Waals surface area contributed by atoms with Gasteiger partial charge in [0.1, 0.15) is 0 Å². The van der Waals surface area contributed by atoms with E-state index in [0.717, 1.165) is 30.2 Å². The number of aliphatic hydroxyl groups excluding tert-OH is 1. The third-order valence-corrected chi connectivity index (χ3v) is 5.77. The van der Waals surface area contributed by atoms with E-state index >= 15 is 0 Å². The molecule has 0 aliphatic heterocycles. The predicted octanol–water partition coefficient (Wildman–Crippen LogP) is 2.67. The van der Waals surface area contributed by atoms with Crippen molar-refractivity contribution in [3.8, 4) is 0 Å². The third kappa shape index (κ3) is 4.28. The maximum atomic E-state index is 12.1. The minimum atomic E-state index is -3.54. The second-order valence-electron chi connectivity index (χ2n) is 5.27. The second-order valence-corrected chi connectivity index (χ2v) is 7.95. The Kier molecular flexibility index (Phi) is 5.60. The van der Waals surface area contributed by atoms with Crippen LogP contribution in [0.15, 0.2) is 33.6 Å². The zero-order valence-electron chi connectivity index (χ0n) is 11.3. The lowest BCUT2D eigenvalue weighted by Crippen LogP contribution is -2.37. The monoisotopic (exact) mass is 361 g/mol. The van der Waals surface area contributed by atoms with Crippen LogP contribution in [0.25, 0.3) is 0 Å². The van der Waals surface area contributed by atoms with E-state index in [0.29, 0.717) is 0 Å². The molecule has 0 unspecified atom stereocenters. The van der Waals surface area contributed by atoms with E-state index in [1.165, 1.54) is 6.42 Å². The van der Waals surface area contributed by atoms with Gasteiger partial charge in [0.25, 0.3) is 0 Å². The maximum Gasteiger partial charge on any atom is 0.240 e. The SMILES string of the molecule is O=S(=O)(NC[C@@H](O)C1CCCCC1)c1ccc(Br)cc1. The summed E-state index contributed by atoms with van der Waals surface area (Å²) in [6, 6.07) is 6.46. The fourth-order valence-corrected chi connectivity index (χ4v) is 3.89.